The van der Waals surface area contributed by atoms with Crippen LogP contribution >= 0.6 is 0 Å². The van der Waals surface area contributed by atoms with E-state index in [1.54, 1.807) is 6.07 Å². The van der Waals surface area contributed by atoms with E-state index >= 15 is 0 Å². The van der Waals surface area contributed by atoms with E-state index in [4.69, 9.17) is 5.14 Å². The Morgan fingerprint density at radius 1 is 1.33 bits per heavy atom. The topological polar surface area (TPSA) is 80.5 Å². The molecule has 1 fully saturated rings. The van der Waals surface area contributed by atoms with E-state index in [0.29, 0.717) is 24.6 Å². The van der Waals surface area contributed by atoms with Crippen LogP contribution in [0.25, 0.3) is 0 Å². The zero-order chi connectivity index (χ0) is 15.6. The van der Waals surface area contributed by atoms with E-state index in [0.717, 1.165) is 24.8 Å². The summed E-state index contributed by atoms with van der Waals surface area (Å²) in [5.41, 5.74) is 1.32. The number of hydrogen-bond acceptors (Lipinski definition) is 3. The van der Waals surface area contributed by atoms with Crippen LogP contribution in [0.1, 0.15) is 49.0 Å². The van der Waals surface area contributed by atoms with Gasteiger partial charge in [0.1, 0.15) is 0 Å². The highest BCUT2D eigenvalue weighted by atomic mass is 32.2. The van der Waals surface area contributed by atoms with Gasteiger partial charge >= 0.3 is 0 Å². The zero-order valence-corrected chi connectivity index (χ0v) is 13.3. The van der Waals surface area contributed by atoms with E-state index < -0.39 is 10.0 Å². The van der Waals surface area contributed by atoms with E-state index in [2.05, 4.69) is 0 Å². The number of nitrogens with zero attached hydrogens (tertiary/aromatic N) is 1. The molecule has 0 unspecified atom stereocenters. The Hall–Kier alpha value is -1.40. The number of rotatable bonds is 6. The minimum Gasteiger partial charge on any atom is -0.336 e. The molecule has 0 aromatic heterocycles. The molecule has 116 valence electrons. The van der Waals surface area contributed by atoms with Crippen molar-refractivity contribution >= 4 is 15.9 Å². The van der Waals surface area contributed by atoms with Crippen LogP contribution in [0.15, 0.2) is 23.1 Å². The Labute approximate surface area is 126 Å². The first-order valence-corrected chi connectivity index (χ1v) is 8.89. The Morgan fingerprint density at radius 2 is 2.00 bits per heavy atom. The number of aryl methyl sites for hydroxylation is 1. The smallest absolute Gasteiger partial charge is 0.254 e. The molecule has 1 aromatic carbocycles. The molecule has 2 N–H and O–H groups in total. The fraction of sp³-hybridized carbons (Fsp3) is 0.533. The summed E-state index contributed by atoms with van der Waals surface area (Å²) in [6.07, 6.45) is 3.62. The monoisotopic (exact) mass is 310 g/mol. The molecular weight excluding hydrogens is 288 g/mol. The molecular formula is C15H22N2O3S. The van der Waals surface area contributed by atoms with Crippen LogP contribution in [0, 0.1) is 0 Å². The van der Waals surface area contributed by atoms with Gasteiger partial charge in [-0.25, -0.2) is 13.6 Å². The highest BCUT2D eigenvalue weighted by molar-refractivity contribution is 7.89. The van der Waals surface area contributed by atoms with Gasteiger partial charge in [-0.15, -0.1) is 0 Å². The van der Waals surface area contributed by atoms with Crippen LogP contribution in [-0.4, -0.2) is 31.8 Å². The molecule has 0 atom stereocenters. The lowest BCUT2D eigenvalue weighted by Crippen LogP contribution is -2.34. The van der Waals surface area contributed by atoms with Gasteiger partial charge in [0.15, 0.2) is 0 Å². The molecule has 21 heavy (non-hydrogen) atoms. The summed E-state index contributed by atoms with van der Waals surface area (Å²) < 4.78 is 23.0. The number of amides is 1. The van der Waals surface area contributed by atoms with Gasteiger partial charge in [0.05, 0.1) is 4.90 Å². The highest BCUT2D eigenvalue weighted by Gasteiger charge is 2.33. The van der Waals surface area contributed by atoms with Crippen LogP contribution in [0.2, 0.25) is 0 Å². The van der Waals surface area contributed by atoms with Crippen molar-refractivity contribution in [1.82, 2.24) is 4.90 Å². The van der Waals surface area contributed by atoms with Gasteiger partial charge in [-0.2, -0.15) is 0 Å². The number of hydrogen-bond donors (Lipinski definition) is 1. The molecule has 0 saturated heterocycles. The van der Waals surface area contributed by atoms with Crippen molar-refractivity contribution in [3.63, 3.8) is 0 Å². The Bertz CT molecular complexity index is 636. The van der Waals surface area contributed by atoms with Crippen molar-refractivity contribution in [2.45, 2.75) is 50.5 Å². The average Bonchev–Trinajstić information content (AvgIpc) is 3.26. The lowest BCUT2D eigenvalue weighted by atomic mass is 10.0. The van der Waals surface area contributed by atoms with Crippen LogP contribution in [0.3, 0.4) is 0 Å². The third-order valence-electron chi connectivity index (χ3n) is 3.73. The summed E-state index contributed by atoms with van der Waals surface area (Å²) in [6.45, 7) is 4.68. The molecule has 2 rings (SSSR count). The lowest BCUT2D eigenvalue weighted by Gasteiger charge is -2.23. The van der Waals surface area contributed by atoms with Crippen molar-refractivity contribution in [3.05, 3.63) is 29.3 Å². The predicted octanol–water partition coefficient (Wildman–Crippen LogP) is 1.91. The third kappa shape index (κ3) is 3.63. The van der Waals surface area contributed by atoms with Crippen LogP contribution < -0.4 is 5.14 Å². The maximum absolute atomic E-state index is 12.8. The summed E-state index contributed by atoms with van der Waals surface area (Å²) in [4.78, 5) is 14.6. The molecule has 1 aliphatic carbocycles. The van der Waals surface area contributed by atoms with Gasteiger partial charge in [0.25, 0.3) is 5.91 Å². The summed E-state index contributed by atoms with van der Waals surface area (Å²) in [5.74, 6) is -0.0818. The minimum atomic E-state index is -3.80. The van der Waals surface area contributed by atoms with Gasteiger partial charge in [-0.3, -0.25) is 4.79 Å². The van der Waals surface area contributed by atoms with Gasteiger partial charge in [-0.1, -0.05) is 19.9 Å². The van der Waals surface area contributed by atoms with Crippen molar-refractivity contribution in [3.8, 4) is 0 Å². The summed E-state index contributed by atoms with van der Waals surface area (Å²) >= 11 is 0. The molecule has 0 heterocycles. The van der Waals surface area contributed by atoms with E-state index in [1.807, 2.05) is 18.7 Å². The molecule has 1 aliphatic rings. The second kappa shape index (κ2) is 6.15. The molecule has 0 radical (unpaired) electrons. The minimum absolute atomic E-state index is 0.00436. The molecule has 6 heteroatoms. The number of nitrogens with two attached hydrogens (primary N) is 1. The highest BCUT2D eigenvalue weighted by Crippen LogP contribution is 2.29. The number of carbonyl (C=O) groups is 1. The summed E-state index contributed by atoms with van der Waals surface area (Å²) in [5, 5.41) is 5.17. The van der Waals surface area contributed by atoms with Crippen molar-refractivity contribution < 1.29 is 13.2 Å². The Kier molecular flexibility index (Phi) is 4.68. The van der Waals surface area contributed by atoms with Gasteiger partial charge in [0, 0.05) is 18.2 Å². The van der Waals surface area contributed by atoms with Gasteiger partial charge < -0.3 is 4.90 Å². The second-order valence-corrected chi connectivity index (χ2v) is 7.01. The Morgan fingerprint density at radius 3 is 2.48 bits per heavy atom. The summed E-state index contributed by atoms with van der Waals surface area (Å²) in [7, 11) is -3.80. The van der Waals surface area contributed by atoms with Crippen LogP contribution in [0.4, 0.5) is 0 Å². The maximum Gasteiger partial charge on any atom is 0.254 e. The first-order valence-electron chi connectivity index (χ1n) is 7.35. The number of sulfonamides is 1. The fourth-order valence-electron chi connectivity index (χ4n) is 2.47. The second-order valence-electron chi connectivity index (χ2n) is 5.45. The summed E-state index contributed by atoms with van der Waals surface area (Å²) in [6, 6.07) is 4.87. The quantitative estimate of drug-likeness (QED) is 0.871. The van der Waals surface area contributed by atoms with Gasteiger partial charge in [0.2, 0.25) is 10.0 Å². The van der Waals surface area contributed by atoms with Crippen LogP contribution in [-0.2, 0) is 16.4 Å². The first kappa shape index (κ1) is 16.0. The molecule has 0 aliphatic heterocycles. The third-order valence-corrected chi connectivity index (χ3v) is 4.65. The van der Waals surface area contributed by atoms with Crippen molar-refractivity contribution in [1.29, 1.82) is 0 Å². The maximum atomic E-state index is 12.8. The van der Waals surface area contributed by atoms with E-state index in [1.165, 1.54) is 12.1 Å². The Balaban J connectivity index is 2.42. The van der Waals surface area contributed by atoms with E-state index in [-0.39, 0.29) is 10.8 Å². The number of carbonyl (C=O) groups excluding carboxylic acids is 1. The van der Waals surface area contributed by atoms with Crippen molar-refractivity contribution in [2.75, 3.05) is 6.54 Å². The lowest BCUT2D eigenvalue weighted by molar-refractivity contribution is 0.0742. The van der Waals surface area contributed by atoms with E-state index in [9.17, 15) is 13.2 Å². The number of benzene rings is 1. The van der Waals surface area contributed by atoms with Crippen molar-refractivity contribution in [2.24, 2.45) is 5.14 Å². The van der Waals surface area contributed by atoms with Gasteiger partial charge in [-0.05, 0) is 43.4 Å². The molecule has 0 spiro atoms. The molecule has 1 saturated carbocycles. The average molecular weight is 310 g/mol. The fourth-order valence-corrected chi connectivity index (χ4v) is 3.01. The molecule has 0 bridgehead atoms. The predicted molar refractivity (Wildman–Crippen MR) is 81.5 cm³/mol. The molecule has 1 aromatic rings. The normalized spacial score (nSPS) is 15.0. The van der Waals surface area contributed by atoms with Crippen LogP contribution in [0.5, 0.6) is 0 Å². The largest absolute Gasteiger partial charge is 0.336 e. The zero-order valence-electron chi connectivity index (χ0n) is 12.5. The SMILES string of the molecule is CCCN(C(=O)c1cc(S(N)(=O)=O)ccc1CC)C1CC1. The molecule has 5 nitrogen and oxygen atoms in total. The molecule has 1 amide bonds. The number of primary sulfonamides is 1. The first-order chi connectivity index (χ1) is 9.88. The standard InChI is InChI=1S/C15H22N2O3S/c1-3-9-17(12-6-7-12)15(18)14-10-13(21(16,19)20)8-5-11(14)4-2/h5,8,10,12H,3-4,6-7,9H2,1-2H3,(H2,16,19,20).